The molecular weight excluding hydrogens is 699 g/mol. The molecule has 5 heterocycles. The molecule has 13 rings (SSSR count). The summed E-state index contributed by atoms with van der Waals surface area (Å²) in [6.45, 7) is 0. The molecule has 0 amide bonds. The summed E-state index contributed by atoms with van der Waals surface area (Å²) < 4.78 is 11.3. The first kappa shape index (κ1) is 30.5. The molecule has 0 spiro atoms. The molecule has 13 aromatic rings. The van der Waals surface area contributed by atoms with Gasteiger partial charge in [-0.1, -0.05) is 121 Å². The van der Waals surface area contributed by atoms with Gasteiger partial charge in [-0.25, -0.2) is 15.0 Å². The molecule has 0 saturated heterocycles. The SMILES string of the molecule is c1ccc(-c2nc(-c3cccc4c3c3ccccc3n4-c3ccccc3)nc(-c3cccc4c3c3cccc5oc6ccc7c8ccccc8n4c7c6c53)n2)cc1. The second-order valence-corrected chi connectivity index (χ2v) is 14.7. The van der Waals surface area contributed by atoms with Crippen molar-refractivity contribution in [3.8, 4) is 39.9 Å². The standard InChI is InChI=1S/C51H29N5O/c1-3-14-30(15-4-1)49-52-50(36-21-11-25-40-44(36)34-19-8-10-24-39(34)55(40)31-16-5-2-6-17-31)54-51(53-49)37-22-12-26-41-45(37)35-20-13-27-42-46(35)47-43(57-42)29-28-33-32-18-7-9-23-38(32)56(41)48(33)47/h1-29H. The molecule has 0 aliphatic rings. The number of furan rings is 1. The Balaban J connectivity index is 1.18. The Morgan fingerprint density at radius 1 is 0.351 bits per heavy atom. The zero-order valence-electron chi connectivity index (χ0n) is 30.4. The van der Waals surface area contributed by atoms with Gasteiger partial charge in [0, 0.05) is 54.7 Å². The predicted octanol–water partition coefficient (Wildman–Crippen LogP) is 13.0. The fourth-order valence-corrected chi connectivity index (χ4v) is 9.41. The molecule has 0 fully saturated rings. The summed E-state index contributed by atoms with van der Waals surface area (Å²) >= 11 is 0. The van der Waals surface area contributed by atoms with Crippen LogP contribution in [0.3, 0.4) is 0 Å². The van der Waals surface area contributed by atoms with Gasteiger partial charge in [-0.05, 0) is 60.0 Å². The number of fused-ring (bicyclic) bond motifs is 9. The lowest BCUT2D eigenvalue weighted by molar-refractivity contribution is 0.669. The zero-order chi connectivity index (χ0) is 37.2. The van der Waals surface area contributed by atoms with E-state index in [9.17, 15) is 0 Å². The average Bonchev–Trinajstić information content (AvgIpc) is 3.91. The molecular formula is C51H29N5O. The third kappa shape index (κ3) is 4.16. The van der Waals surface area contributed by atoms with Crippen molar-refractivity contribution in [3.63, 3.8) is 0 Å². The third-order valence-corrected chi connectivity index (χ3v) is 11.7. The third-order valence-electron chi connectivity index (χ3n) is 11.7. The van der Waals surface area contributed by atoms with Gasteiger partial charge in [0.05, 0.1) is 33.0 Å². The van der Waals surface area contributed by atoms with E-state index in [-0.39, 0.29) is 0 Å². The highest BCUT2D eigenvalue weighted by molar-refractivity contribution is 6.32. The zero-order valence-corrected chi connectivity index (χ0v) is 30.4. The van der Waals surface area contributed by atoms with Gasteiger partial charge in [0.2, 0.25) is 0 Å². The predicted molar refractivity (Wildman–Crippen MR) is 232 cm³/mol. The van der Waals surface area contributed by atoms with E-state index >= 15 is 0 Å². The van der Waals surface area contributed by atoms with Crippen LogP contribution in [0.15, 0.2) is 180 Å². The summed E-state index contributed by atoms with van der Waals surface area (Å²) in [6, 6.07) is 61.7. The average molecular weight is 728 g/mol. The van der Waals surface area contributed by atoms with E-state index < -0.39 is 0 Å². The molecule has 0 unspecified atom stereocenters. The Kier molecular flexibility index (Phi) is 6.07. The van der Waals surface area contributed by atoms with Crippen molar-refractivity contribution in [2.24, 2.45) is 0 Å². The normalized spacial score (nSPS) is 12.2. The van der Waals surface area contributed by atoms with Crippen LogP contribution in [0.2, 0.25) is 0 Å². The van der Waals surface area contributed by atoms with E-state index in [1.165, 1.54) is 10.8 Å². The Labute approximate surface area is 324 Å². The van der Waals surface area contributed by atoms with E-state index in [1.54, 1.807) is 0 Å². The molecule has 0 aliphatic heterocycles. The van der Waals surface area contributed by atoms with E-state index in [1.807, 2.05) is 18.2 Å². The molecule has 6 nitrogen and oxygen atoms in total. The molecule has 0 N–H and O–H groups in total. The van der Waals surface area contributed by atoms with E-state index in [0.717, 1.165) is 93.4 Å². The van der Waals surface area contributed by atoms with E-state index in [2.05, 4.69) is 167 Å². The molecule has 5 aromatic heterocycles. The minimum Gasteiger partial charge on any atom is -0.456 e. The molecule has 264 valence electrons. The van der Waals surface area contributed by atoms with Crippen molar-refractivity contribution in [2.45, 2.75) is 0 Å². The molecule has 0 saturated carbocycles. The lowest BCUT2D eigenvalue weighted by Gasteiger charge is -2.12. The quantitative estimate of drug-likeness (QED) is 0.181. The summed E-state index contributed by atoms with van der Waals surface area (Å²) in [6.07, 6.45) is 0. The highest BCUT2D eigenvalue weighted by atomic mass is 16.3. The van der Waals surface area contributed by atoms with Crippen molar-refractivity contribution < 1.29 is 4.42 Å². The monoisotopic (exact) mass is 727 g/mol. The van der Waals surface area contributed by atoms with Gasteiger partial charge in [0.25, 0.3) is 0 Å². The summed E-state index contributed by atoms with van der Waals surface area (Å²) in [4.78, 5) is 16.1. The van der Waals surface area contributed by atoms with Gasteiger partial charge in [-0.2, -0.15) is 0 Å². The van der Waals surface area contributed by atoms with Crippen LogP contribution in [0.5, 0.6) is 0 Å². The van der Waals surface area contributed by atoms with Crippen LogP contribution in [-0.2, 0) is 0 Å². The van der Waals surface area contributed by atoms with Gasteiger partial charge in [0.15, 0.2) is 17.5 Å². The lowest BCUT2D eigenvalue weighted by Crippen LogP contribution is -2.01. The lowest BCUT2D eigenvalue weighted by atomic mass is 10.00. The Morgan fingerprint density at radius 3 is 1.72 bits per heavy atom. The number of rotatable bonds is 4. The summed E-state index contributed by atoms with van der Waals surface area (Å²) in [5.41, 5.74) is 11.2. The van der Waals surface area contributed by atoms with E-state index in [0.29, 0.717) is 17.5 Å². The van der Waals surface area contributed by atoms with Crippen LogP contribution in [-0.4, -0.2) is 23.9 Å². The minimum atomic E-state index is 0.606. The number of aromatic nitrogens is 5. The summed E-state index contributed by atoms with van der Waals surface area (Å²) in [5, 5.41) is 9.01. The van der Waals surface area contributed by atoms with Crippen molar-refractivity contribution in [1.82, 2.24) is 23.9 Å². The Morgan fingerprint density at radius 2 is 0.930 bits per heavy atom. The highest BCUT2D eigenvalue weighted by Gasteiger charge is 2.24. The molecule has 0 bridgehead atoms. The van der Waals surface area contributed by atoms with Gasteiger partial charge in [-0.15, -0.1) is 0 Å². The highest BCUT2D eigenvalue weighted by Crippen LogP contribution is 2.46. The Bertz CT molecular complexity index is 3750. The van der Waals surface area contributed by atoms with Crippen LogP contribution >= 0.6 is 0 Å². The number of hydrogen-bond acceptors (Lipinski definition) is 4. The van der Waals surface area contributed by atoms with Crippen molar-refractivity contribution in [2.75, 3.05) is 0 Å². The van der Waals surface area contributed by atoms with Gasteiger partial charge in [0.1, 0.15) is 11.2 Å². The Hall–Kier alpha value is -7.83. The van der Waals surface area contributed by atoms with Crippen molar-refractivity contribution in [1.29, 1.82) is 0 Å². The summed E-state index contributed by atoms with van der Waals surface area (Å²) in [7, 11) is 0. The van der Waals surface area contributed by atoms with Crippen LogP contribution in [0.25, 0.3) is 122 Å². The minimum absolute atomic E-state index is 0.606. The van der Waals surface area contributed by atoms with Crippen LogP contribution in [0, 0.1) is 0 Å². The number of hydrogen-bond donors (Lipinski definition) is 0. The van der Waals surface area contributed by atoms with Gasteiger partial charge < -0.3 is 13.4 Å². The molecule has 8 aromatic carbocycles. The second kappa shape index (κ2) is 11.4. The largest absolute Gasteiger partial charge is 0.456 e. The van der Waals surface area contributed by atoms with Crippen LogP contribution < -0.4 is 0 Å². The molecule has 6 heteroatoms. The molecule has 0 radical (unpaired) electrons. The van der Waals surface area contributed by atoms with Crippen LogP contribution in [0.1, 0.15) is 0 Å². The van der Waals surface area contributed by atoms with Gasteiger partial charge >= 0.3 is 0 Å². The molecule has 0 atom stereocenters. The van der Waals surface area contributed by atoms with Gasteiger partial charge in [-0.3, -0.25) is 0 Å². The van der Waals surface area contributed by atoms with E-state index in [4.69, 9.17) is 19.4 Å². The molecule has 0 aliphatic carbocycles. The number of nitrogens with zero attached hydrogens (tertiary/aromatic N) is 5. The number of para-hydroxylation sites is 3. The number of benzene rings is 8. The summed E-state index contributed by atoms with van der Waals surface area (Å²) in [5.74, 6) is 1.84. The first-order valence-electron chi connectivity index (χ1n) is 19.2. The van der Waals surface area contributed by atoms with Crippen molar-refractivity contribution >= 4 is 81.8 Å². The molecule has 57 heavy (non-hydrogen) atoms. The fourth-order valence-electron chi connectivity index (χ4n) is 9.41. The second-order valence-electron chi connectivity index (χ2n) is 14.7. The maximum Gasteiger partial charge on any atom is 0.164 e. The van der Waals surface area contributed by atoms with Crippen molar-refractivity contribution in [3.05, 3.63) is 176 Å². The first-order chi connectivity index (χ1) is 28.3. The maximum absolute atomic E-state index is 6.59. The topological polar surface area (TPSA) is 61.2 Å². The smallest absolute Gasteiger partial charge is 0.164 e. The first-order valence-corrected chi connectivity index (χ1v) is 19.2. The van der Waals surface area contributed by atoms with Crippen LogP contribution in [0.4, 0.5) is 0 Å². The maximum atomic E-state index is 6.59. The fraction of sp³-hybridized carbons (Fsp3) is 0.